The van der Waals surface area contributed by atoms with E-state index in [-0.39, 0.29) is 24.2 Å². The first-order valence-corrected chi connectivity index (χ1v) is 9.59. The number of anilines is 1. The van der Waals surface area contributed by atoms with E-state index in [1.807, 2.05) is 23.1 Å². The summed E-state index contributed by atoms with van der Waals surface area (Å²) in [6, 6.07) is 8.39. The number of carbonyl (C=O) groups excluding carboxylic acids is 2. The lowest BCUT2D eigenvalue weighted by Crippen LogP contribution is -2.47. The van der Waals surface area contributed by atoms with Crippen LogP contribution in [0.1, 0.15) is 44.6 Å². The highest BCUT2D eigenvalue weighted by Gasteiger charge is 2.27. The Morgan fingerprint density at radius 1 is 1.23 bits per heavy atom. The Balaban J connectivity index is 0.00000243. The normalized spacial score (nSPS) is 17.4. The first kappa shape index (κ1) is 20.7. The van der Waals surface area contributed by atoms with E-state index in [9.17, 15) is 9.59 Å². The summed E-state index contributed by atoms with van der Waals surface area (Å²) in [6.45, 7) is 5.38. The van der Waals surface area contributed by atoms with Crippen molar-refractivity contribution in [3.8, 4) is 0 Å². The van der Waals surface area contributed by atoms with Gasteiger partial charge < -0.3 is 15.1 Å². The Morgan fingerprint density at radius 3 is 2.69 bits per heavy atom. The van der Waals surface area contributed by atoms with Gasteiger partial charge in [0.25, 0.3) is 0 Å². The molecule has 26 heavy (non-hydrogen) atoms. The highest BCUT2D eigenvalue weighted by molar-refractivity contribution is 5.97. The molecule has 1 N–H and O–H groups in total. The maximum Gasteiger partial charge on any atom is 0.227 e. The van der Waals surface area contributed by atoms with E-state index in [2.05, 4.69) is 23.2 Å². The van der Waals surface area contributed by atoms with Crippen molar-refractivity contribution >= 4 is 29.9 Å². The summed E-state index contributed by atoms with van der Waals surface area (Å²) < 4.78 is 0. The van der Waals surface area contributed by atoms with Gasteiger partial charge in [-0.15, -0.1) is 12.4 Å². The first-order valence-electron chi connectivity index (χ1n) is 9.59. The highest BCUT2D eigenvalue weighted by Crippen LogP contribution is 2.27. The smallest absolute Gasteiger partial charge is 0.227 e. The lowest BCUT2D eigenvalue weighted by Gasteiger charge is -2.35. The van der Waals surface area contributed by atoms with Gasteiger partial charge in [-0.1, -0.05) is 25.1 Å². The summed E-state index contributed by atoms with van der Waals surface area (Å²) >= 11 is 0. The number of fused-ring (bicyclic) bond motifs is 1. The zero-order valence-electron chi connectivity index (χ0n) is 15.6. The van der Waals surface area contributed by atoms with E-state index in [0.29, 0.717) is 25.4 Å². The number of piperidine rings is 1. The second kappa shape index (κ2) is 9.93. The lowest BCUT2D eigenvalue weighted by atomic mass is 10.0. The zero-order chi connectivity index (χ0) is 17.6. The molecule has 0 radical (unpaired) electrons. The van der Waals surface area contributed by atoms with Crippen LogP contribution in [-0.4, -0.2) is 48.9 Å². The molecule has 0 aliphatic carbocycles. The Kier molecular flexibility index (Phi) is 7.91. The van der Waals surface area contributed by atoms with E-state index in [1.165, 1.54) is 5.56 Å². The number of benzene rings is 1. The molecule has 2 aliphatic heterocycles. The van der Waals surface area contributed by atoms with Crippen molar-refractivity contribution < 1.29 is 9.59 Å². The number of rotatable bonds is 6. The third-order valence-corrected chi connectivity index (χ3v) is 5.28. The molecular formula is C20H30ClN3O2. The fraction of sp³-hybridized carbons (Fsp3) is 0.600. The molecular weight excluding hydrogens is 350 g/mol. The molecule has 0 saturated carbocycles. The van der Waals surface area contributed by atoms with Crippen LogP contribution in [0.2, 0.25) is 0 Å². The molecule has 0 atom stereocenters. The van der Waals surface area contributed by atoms with Crippen LogP contribution in [0.15, 0.2) is 24.3 Å². The van der Waals surface area contributed by atoms with Gasteiger partial charge >= 0.3 is 0 Å². The van der Waals surface area contributed by atoms with Gasteiger partial charge in [0, 0.05) is 37.7 Å². The van der Waals surface area contributed by atoms with Gasteiger partial charge in [0.15, 0.2) is 0 Å². The molecule has 3 rings (SSSR count). The minimum atomic E-state index is 0. The summed E-state index contributed by atoms with van der Waals surface area (Å²) in [5.41, 5.74) is 2.19. The van der Waals surface area contributed by atoms with Gasteiger partial charge in [-0.05, 0) is 50.4 Å². The molecule has 2 aliphatic rings. The number of amides is 2. The quantitative estimate of drug-likeness (QED) is 0.826. The van der Waals surface area contributed by atoms with Crippen molar-refractivity contribution in [2.75, 3.05) is 31.1 Å². The predicted octanol–water partition coefficient (Wildman–Crippen LogP) is 2.77. The van der Waals surface area contributed by atoms with E-state index in [4.69, 9.17) is 0 Å². The van der Waals surface area contributed by atoms with Gasteiger partial charge in [0.05, 0.1) is 0 Å². The van der Waals surface area contributed by atoms with Crippen LogP contribution < -0.4 is 10.2 Å². The molecule has 0 aromatic heterocycles. The average molecular weight is 380 g/mol. The van der Waals surface area contributed by atoms with Crippen molar-refractivity contribution in [3.63, 3.8) is 0 Å². The van der Waals surface area contributed by atoms with Gasteiger partial charge in [-0.25, -0.2) is 0 Å². The van der Waals surface area contributed by atoms with Crippen LogP contribution in [0, 0.1) is 0 Å². The molecule has 6 heteroatoms. The summed E-state index contributed by atoms with van der Waals surface area (Å²) in [7, 11) is 0. The average Bonchev–Trinajstić information content (AvgIpc) is 2.66. The van der Waals surface area contributed by atoms with E-state index in [0.717, 1.165) is 51.0 Å². The minimum absolute atomic E-state index is 0. The van der Waals surface area contributed by atoms with Gasteiger partial charge in [0.2, 0.25) is 11.8 Å². The molecule has 0 bridgehead atoms. The molecule has 0 unspecified atom stereocenters. The zero-order valence-corrected chi connectivity index (χ0v) is 16.4. The molecule has 1 saturated heterocycles. The molecule has 0 spiro atoms. The second-order valence-corrected chi connectivity index (χ2v) is 6.99. The summed E-state index contributed by atoms with van der Waals surface area (Å²) in [5, 5.41) is 3.36. The molecule has 2 heterocycles. The Morgan fingerprint density at radius 2 is 1.96 bits per heavy atom. The molecule has 5 nitrogen and oxygen atoms in total. The van der Waals surface area contributed by atoms with Gasteiger partial charge in [-0.3, -0.25) is 9.59 Å². The van der Waals surface area contributed by atoms with E-state index in [1.54, 1.807) is 0 Å². The number of halogens is 1. The second-order valence-electron chi connectivity index (χ2n) is 6.99. The summed E-state index contributed by atoms with van der Waals surface area (Å²) in [5.74, 6) is 0.319. The summed E-state index contributed by atoms with van der Waals surface area (Å²) in [4.78, 5) is 29.1. The SMILES string of the molecule is CCCN(C(=O)CCN1C(=O)CCc2ccccc21)C1CCNCC1.Cl. The Hall–Kier alpha value is -1.59. The number of nitrogens with one attached hydrogen (secondary N) is 1. The standard InChI is InChI=1S/C20H29N3O2.ClH/c1-2-14-22(17-9-12-21-13-10-17)20(25)11-15-23-18-6-4-3-5-16(18)7-8-19(23)24;/h3-6,17,21H,2,7-15H2,1H3;1H. The third kappa shape index (κ3) is 4.77. The largest absolute Gasteiger partial charge is 0.340 e. The van der Waals surface area contributed by atoms with Crippen LogP contribution in [0.25, 0.3) is 0 Å². The number of para-hydroxylation sites is 1. The number of aryl methyl sites for hydroxylation is 1. The van der Waals surface area contributed by atoms with Crippen molar-refractivity contribution in [2.24, 2.45) is 0 Å². The minimum Gasteiger partial charge on any atom is -0.340 e. The fourth-order valence-corrected chi connectivity index (χ4v) is 3.96. The topological polar surface area (TPSA) is 52.7 Å². The molecule has 144 valence electrons. The van der Waals surface area contributed by atoms with E-state index < -0.39 is 0 Å². The van der Waals surface area contributed by atoms with Gasteiger partial charge in [-0.2, -0.15) is 0 Å². The molecule has 2 amide bonds. The number of nitrogens with zero attached hydrogens (tertiary/aromatic N) is 2. The van der Waals surface area contributed by atoms with Crippen molar-refractivity contribution in [3.05, 3.63) is 29.8 Å². The maximum atomic E-state index is 12.9. The van der Waals surface area contributed by atoms with Crippen molar-refractivity contribution in [2.45, 2.75) is 51.5 Å². The first-order chi connectivity index (χ1) is 12.2. The van der Waals surface area contributed by atoms with E-state index >= 15 is 0 Å². The fourth-order valence-electron chi connectivity index (χ4n) is 3.96. The molecule has 1 fully saturated rings. The maximum absolute atomic E-state index is 12.9. The Labute approximate surface area is 162 Å². The Bertz CT molecular complexity index is 617. The van der Waals surface area contributed by atoms with Crippen LogP contribution in [0.4, 0.5) is 5.69 Å². The van der Waals surface area contributed by atoms with Crippen molar-refractivity contribution in [1.82, 2.24) is 10.2 Å². The highest BCUT2D eigenvalue weighted by atomic mass is 35.5. The van der Waals surface area contributed by atoms with Crippen LogP contribution in [-0.2, 0) is 16.0 Å². The molecule has 1 aromatic carbocycles. The van der Waals surface area contributed by atoms with Gasteiger partial charge in [0.1, 0.15) is 0 Å². The van der Waals surface area contributed by atoms with Crippen LogP contribution >= 0.6 is 12.4 Å². The van der Waals surface area contributed by atoms with Crippen molar-refractivity contribution in [1.29, 1.82) is 0 Å². The summed E-state index contributed by atoms with van der Waals surface area (Å²) in [6.07, 6.45) is 4.77. The number of hydrogen-bond acceptors (Lipinski definition) is 3. The monoisotopic (exact) mass is 379 g/mol. The van der Waals surface area contributed by atoms with Crippen LogP contribution in [0.5, 0.6) is 0 Å². The number of hydrogen-bond donors (Lipinski definition) is 1. The third-order valence-electron chi connectivity index (χ3n) is 5.28. The lowest BCUT2D eigenvalue weighted by molar-refractivity contribution is -0.134. The molecule has 1 aromatic rings. The van der Waals surface area contributed by atoms with Crippen LogP contribution in [0.3, 0.4) is 0 Å². The number of carbonyl (C=O) groups is 2. The predicted molar refractivity (Wildman–Crippen MR) is 107 cm³/mol.